The molecular weight excluding hydrogens is 318 g/mol. The number of aliphatic imine (C=N–C) groups is 1. The standard InChI is InChI=1S/C16H24F2N4O2/c1-5-19-16(20-10-14(23)21(2)3)22(4)11-12-6-8-13(9-7-12)24-15(17)18/h6-9,15H,5,10-11H2,1-4H3,(H,19,20). The van der Waals surface area contributed by atoms with Crippen molar-refractivity contribution in [3.05, 3.63) is 29.8 Å². The van der Waals surface area contributed by atoms with Crippen molar-refractivity contribution in [3.63, 3.8) is 0 Å². The fourth-order valence-corrected chi connectivity index (χ4v) is 1.88. The molecule has 134 valence electrons. The van der Waals surface area contributed by atoms with Crippen molar-refractivity contribution >= 4 is 11.9 Å². The molecule has 1 aromatic rings. The normalized spacial score (nSPS) is 11.4. The molecule has 0 saturated carbocycles. The fourth-order valence-electron chi connectivity index (χ4n) is 1.88. The molecule has 0 aliphatic carbocycles. The van der Waals surface area contributed by atoms with E-state index < -0.39 is 6.61 Å². The van der Waals surface area contributed by atoms with Crippen LogP contribution in [0.25, 0.3) is 0 Å². The van der Waals surface area contributed by atoms with Crippen molar-refractivity contribution in [1.82, 2.24) is 15.1 Å². The van der Waals surface area contributed by atoms with Gasteiger partial charge in [0.2, 0.25) is 5.91 Å². The van der Waals surface area contributed by atoms with Gasteiger partial charge in [0, 0.05) is 34.2 Å². The Bertz CT molecular complexity index is 548. The lowest BCUT2D eigenvalue weighted by atomic mass is 10.2. The number of carbonyl (C=O) groups is 1. The first kappa shape index (κ1) is 19.7. The van der Waals surface area contributed by atoms with Crippen LogP contribution in [-0.4, -0.2) is 62.5 Å². The summed E-state index contributed by atoms with van der Waals surface area (Å²) in [6, 6.07) is 6.41. The quantitative estimate of drug-likeness (QED) is 0.606. The van der Waals surface area contributed by atoms with E-state index in [2.05, 4.69) is 15.0 Å². The Balaban J connectivity index is 2.72. The summed E-state index contributed by atoms with van der Waals surface area (Å²) >= 11 is 0. The van der Waals surface area contributed by atoms with Crippen LogP contribution in [0.15, 0.2) is 29.3 Å². The summed E-state index contributed by atoms with van der Waals surface area (Å²) in [6.45, 7) is 0.339. The van der Waals surface area contributed by atoms with Crippen LogP contribution in [0.4, 0.5) is 8.78 Å². The van der Waals surface area contributed by atoms with Gasteiger partial charge in [-0.05, 0) is 24.6 Å². The van der Waals surface area contributed by atoms with E-state index in [9.17, 15) is 13.6 Å². The summed E-state index contributed by atoms with van der Waals surface area (Å²) in [6.07, 6.45) is 0. The molecule has 1 N–H and O–H groups in total. The first-order chi connectivity index (χ1) is 11.3. The van der Waals surface area contributed by atoms with Crippen molar-refractivity contribution in [3.8, 4) is 5.75 Å². The number of amides is 1. The average molecular weight is 342 g/mol. The van der Waals surface area contributed by atoms with Gasteiger partial charge in [-0.2, -0.15) is 8.78 Å². The summed E-state index contributed by atoms with van der Waals surface area (Å²) in [5.74, 6) is 0.626. The van der Waals surface area contributed by atoms with Gasteiger partial charge in [-0.1, -0.05) is 12.1 Å². The molecule has 0 spiro atoms. The van der Waals surface area contributed by atoms with Crippen LogP contribution in [0, 0.1) is 0 Å². The number of hydrogen-bond donors (Lipinski definition) is 1. The number of likely N-dealkylation sites (N-methyl/N-ethyl adjacent to an activating group) is 1. The first-order valence-electron chi connectivity index (χ1n) is 7.56. The molecule has 0 fully saturated rings. The maximum absolute atomic E-state index is 12.1. The monoisotopic (exact) mass is 342 g/mol. The fraction of sp³-hybridized carbons (Fsp3) is 0.500. The lowest BCUT2D eigenvalue weighted by Crippen LogP contribution is -2.39. The Labute approximate surface area is 141 Å². The zero-order valence-corrected chi connectivity index (χ0v) is 14.4. The lowest BCUT2D eigenvalue weighted by molar-refractivity contribution is -0.127. The molecule has 0 aromatic heterocycles. The van der Waals surface area contributed by atoms with Gasteiger partial charge in [-0.15, -0.1) is 0 Å². The van der Waals surface area contributed by atoms with E-state index in [1.165, 1.54) is 17.0 Å². The molecule has 0 saturated heterocycles. The van der Waals surface area contributed by atoms with E-state index in [0.29, 0.717) is 19.0 Å². The molecule has 0 aliphatic rings. The number of halogens is 2. The predicted octanol–water partition coefficient (Wildman–Crippen LogP) is 1.77. The second-order valence-electron chi connectivity index (χ2n) is 5.34. The number of benzene rings is 1. The molecule has 0 unspecified atom stereocenters. The van der Waals surface area contributed by atoms with Crippen molar-refractivity contribution < 1.29 is 18.3 Å². The number of nitrogens with one attached hydrogen (secondary N) is 1. The predicted molar refractivity (Wildman–Crippen MR) is 89.2 cm³/mol. The molecule has 0 bridgehead atoms. The Kier molecular flexibility index (Phi) is 7.94. The Morgan fingerprint density at radius 1 is 1.25 bits per heavy atom. The van der Waals surface area contributed by atoms with E-state index in [0.717, 1.165) is 5.56 Å². The molecule has 1 amide bonds. The summed E-state index contributed by atoms with van der Waals surface area (Å²) in [5, 5.41) is 3.12. The van der Waals surface area contributed by atoms with Gasteiger partial charge in [-0.25, -0.2) is 4.99 Å². The Hall–Kier alpha value is -2.38. The molecule has 1 aromatic carbocycles. The van der Waals surface area contributed by atoms with Crippen LogP contribution in [0.1, 0.15) is 12.5 Å². The highest BCUT2D eigenvalue weighted by atomic mass is 19.3. The number of ether oxygens (including phenoxy) is 1. The topological polar surface area (TPSA) is 57.2 Å². The minimum absolute atomic E-state index is 0.0564. The van der Waals surface area contributed by atoms with Crippen molar-refractivity contribution in [2.24, 2.45) is 4.99 Å². The molecular formula is C16H24F2N4O2. The lowest BCUT2D eigenvalue weighted by Gasteiger charge is -2.22. The van der Waals surface area contributed by atoms with Crippen LogP contribution in [0.2, 0.25) is 0 Å². The first-order valence-corrected chi connectivity index (χ1v) is 7.56. The number of guanidine groups is 1. The van der Waals surface area contributed by atoms with Gasteiger partial charge in [0.05, 0.1) is 0 Å². The van der Waals surface area contributed by atoms with Gasteiger partial charge in [0.15, 0.2) is 5.96 Å². The maximum atomic E-state index is 12.1. The van der Waals surface area contributed by atoms with Crippen molar-refractivity contribution in [1.29, 1.82) is 0 Å². The minimum atomic E-state index is -2.83. The number of alkyl halides is 2. The van der Waals surface area contributed by atoms with E-state index in [1.54, 1.807) is 26.2 Å². The van der Waals surface area contributed by atoms with Gasteiger partial charge in [0.25, 0.3) is 0 Å². The number of hydrogen-bond acceptors (Lipinski definition) is 3. The number of rotatable bonds is 7. The number of carbonyl (C=O) groups excluding carboxylic acids is 1. The summed E-state index contributed by atoms with van der Waals surface area (Å²) in [4.78, 5) is 19.3. The largest absolute Gasteiger partial charge is 0.435 e. The molecule has 0 radical (unpaired) electrons. The molecule has 6 nitrogen and oxygen atoms in total. The van der Waals surface area contributed by atoms with E-state index in [4.69, 9.17) is 0 Å². The SMILES string of the molecule is CCNC(=NCC(=O)N(C)C)N(C)Cc1ccc(OC(F)F)cc1. The Morgan fingerprint density at radius 2 is 1.88 bits per heavy atom. The summed E-state index contributed by atoms with van der Waals surface area (Å²) in [7, 11) is 5.19. The third-order valence-corrected chi connectivity index (χ3v) is 3.13. The molecule has 0 aliphatic heterocycles. The van der Waals surface area contributed by atoms with E-state index in [1.807, 2.05) is 18.9 Å². The maximum Gasteiger partial charge on any atom is 0.387 e. The highest BCUT2D eigenvalue weighted by Crippen LogP contribution is 2.15. The molecule has 24 heavy (non-hydrogen) atoms. The molecule has 1 rings (SSSR count). The van der Waals surface area contributed by atoms with Crippen LogP contribution in [0.5, 0.6) is 5.75 Å². The third kappa shape index (κ3) is 6.80. The average Bonchev–Trinajstić information content (AvgIpc) is 2.52. The zero-order valence-electron chi connectivity index (χ0n) is 14.4. The van der Waals surface area contributed by atoms with E-state index in [-0.39, 0.29) is 18.2 Å². The van der Waals surface area contributed by atoms with E-state index >= 15 is 0 Å². The van der Waals surface area contributed by atoms with Gasteiger partial charge >= 0.3 is 6.61 Å². The van der Waals surface area contributed by atoms with Crippen LogP contribution in [-0.2, 0) is 11.3 Å². The van der Waals surface area contributed by atoms with Gasteiger partial charge < -0.3 is 19.9 Å². The Morgan fingerprint density at radius 3 is 2.38 bits per heavy atom. The second-order valence-corrected chi connectivity index (χ2v) is 5.34. The van der Waals surface area contributed by atoms with Crippen LogP contribution < -0.4 is 10.1 Å². The minimum Gasteiger partial charge on any atom is -0.435 e. The number of nitrogens with zero attached hydrogens (tertiary/aromatic N) is 3. The molecule has 8 heteroatoms. The smallest absolute Gasteiger partial charge is 0.387 e. The van der Waals surface area contributed by atoms with Crippen molar-refractivity contribution in [2.45, 2.75) is 20.1 Å². The third-order valence-electron chi connectivity index (χ3n) is 3.13. The van der Waals surface area contributed by atoms with Crippen LogP contribution in [0.3, 0.4) is 0 Å². The van der Waals surface area contributed by atoms with Gasteiger partial charge in [0.1, 0.15) is 12.3 Å². The zero-order chi connectivity index (χ0) is 18.1. The van der Waals surface area contributed by atoms with Crippen molar-refractivity contribution in [2.75, 3.05) is 34.2 Å². The second kappa shape index (κ2) is 9.69. The van der Waals surface area contributed by atoms with Crippen LogP contribution >= 0.6 is 0 Å². The van der Waals surface area contributed by atoms with Gasteiger partial charge in [-0.3, -0.25) is 4.79 Å². The summed E-state index contributed by atoms with van der Waals surface area (Å²) < 4.78 is 28.6. The summed E-state index contributed by atoms with van der Waals surface area (Å²) in [5.41, 5.74) is 0.906. The highest BCUT2D eigenvalue weighted by molar-refractivity contribution is 5.84. The molecule has 0 atom stereocenters. The highest BCUT2D eigenvalue weighted by Gasteiger charge is 2.10. The molecule has 0 heterocycles.